The Labute approximate surface area is 69.0 Å². The molecule has 0 N–H and O–H groups in total. The molecule has 0 heterocycles. The summed E-state index contributed by atoms with van der Waals surface area (Å²) in [5.41, 5.74) is 0.0581. The standard InChI is InChI=1S/C9H8F2O/c1-2-6-3-9(11)7(5-12)4-8(6)10/h3-5H,2H2,1H3. The third-order valence-electron chi connectivity index (χ3n) is 1.67. The van der Waals surface area contributed by atoms with Crippen molar-refractivity contribution in [2.24, 2.45) is 0 Å². The number of benzene rings is 1. The summed E-state index contributed by atoms with van der Waals surface area (Å²) in [6, 6.07) is 1.97. The molecule has 0 aromatic heterocycles. The van der Waals surface area contributed by atoms with Crippen molar-refractivity contribution in [3.63, 3.8) is 0 Å². The average Bonchev–Trinajstić information content (AvgIpc) is 2.08. The molecule has 0 spiro atoms. The Hall–Kier alpha value is -1.25. The lowest BCUT2D eigenvalue weighted by Gasteiger charge is -2.00. The molecule has 0 aliphatic carbocycles. The molecule has 0 amide bonds. The Balaban J connectivity index is 3.25. The van der Waals surface area contributed by atoms with Crippen LogP contribution in [0.5, 0.6) is 0 Å². The molecule has 12 heavy (non-hydrogen) atoms. The highest BCUT2D eigenvalue weighted by Gasteiger charge is 2.07. The Bertz CT molecular complexity index is 308. The van der Waals surface area contributed by atoms with Crippen LogP contribution in [0.1, 0.15) is 22.8 Å². The first-order chi connectivity index (χ1) is 5.69. The maximum atomic E-state index is 12.9. The van der Waals surface area contributed by atoms with Crippen LogP contribution in [-0.4, -0.2) is 6.29 Å². The zero-order chi connectivity index (χ0) is 9.14. The number of rotatable bonds is 2. The molecule has 0 radical (unpaired) electrons. The normalized spacial score (nSPS) is 9.92. The first kappa shape index (κ1) is 8.84. The largest absolute Gasteiger partial charge is 0.298 e. The van der Waals surface area contributed by atoms with E-state index >= 15 is 0 Å². The van der Waals surface area contributed by atoms with Gasteiger partial charge in [0.2, 0.25) is 0 Å². The molecule has 3 heteroatoms. The minimum atomic E-state index is -0.664. The van der Waals surface area contributed by atoms with Gasteiger partial charge < -0.3 is 0 Å². The van der Waals surface area contributed by atoms with E-state index in [9.17, 15) is 13.6 Å². The average molecular weight is 170 g/mol. The lowest BCUT2D eigenvalue weighted by atomic mass is 10.1. The molecule has 0 atom stereocenters. The Kier molecular flexibility index (Phi) is 2.53. The zero-order valence-corrected chi connectivity index (χ0v) is 6.60. The van der Waals surface area contributed by atoms with E-state index in [4.69, 9.17) is 0 Å². The second kappa shape index (κ2) is 3.43. The maximum Gasteiger partial charge on any atom is 0.153 e. The zero-order valence-electron chi connectivity index (χ0n) is 6.60. The van der Waals surface area contributed by atoms with E-state index < -0.39 is 11.6 Å². The van der Waals surface area contributed by atoms with Crippen molar-refractivity contribution >= 4 is 6.29 Å². The predicted octanol–water partition coefficient (Wildman–Crippen LogP) is 2.34. The number of halogens is 2. The molecular formula is C9H8F2O. The van der Waals surface area contributed by atoms with Gasteiger partial charge in [0.15, 0.2) is 6.29 Å². The molecular weight excluding hydrogens is 162 g/mol. The first-order valence-corrected chi connectivity index (χ1v) is 3.62. The molecule has 64 valence electrons. The van der Waals surface area contributed by atoms with Crippen LogP contribution in [0.25, 0.3) is 0 Å². The Morgan fingerprint density at radius 2 is 2.00 bits per heavy atom. The highest BCUT2D eigenvalue weighted by atomic mass is 19.1. The van der Waals surface area contributed by atoms with Crippen molar-refractivity contribution < 1.29 is 13.6 Å². The van der Waals surface area contributed by atoms with Crippen LogP contribution in [-0.2, 0) is 6.42 Å². The van der Waals surface area contributed by atoms with Crippen LogP contribution in [0.2, 0.25) is 0 Å². The number of carbonyl (C=O) groups excluding carboxylic acids is 1. The number of hydrogen-bond acceptors (Lipinski definition) is 1. The minimum absolute atomic E-state index is 0.232. The fraction of sp³-hybridized carbons (Fsp3) is 0.222. The highest BCUT2D eigenvalue weighted by Crippen LogP contribution is 2.13. The van der Waals surface area contributed by atoms with E-state index in [1.165, 1.54) is 0 Å². The lowest BCUT2D eigenvalue weighted by Crippen LogP contribution is -1.95. The van der Waals surface area contributed by atoms with E-state index in [0.29, 0.717) is 12.7 Å². The molecule has 0 saturated heterocycles. The predicted molar refractivity (Wildman–Crippen MR) is 41.1 cm³/mol. The monoisotopic (exact) mass is 170 g/mol. The van der Waals surface area contributed by atoms with Crippen molar-refractivity contribution in [3.8, 4) is 0 Å². The molecule has 1 nitrogen and oxygen atoms in total. The topological polar surface area (TPSA) is 17.1 Å². The fourth-order valence-electron chi connectivity index (χ4n) is 0.965. The van der Waals surface area contributed by atoms with Crippen molar-refractivity contribution in [2.75, 3.05) is 0 Å². The van der Waals surface area contributed by atoms with E-state index in [-0.39, 0.29) is 11.1 Å². The quantitative estimate of drug-likeness (QED) is 0.622. The third kappa shape index (κ3) is 1.49. The summed E-state index contributed by atoms with van der Waals surface area (Å²) in [6.07, 6.45) is 0.722. The van der Waals surface area contributed by atoms with Gasteiger partial charge in [0, 0.05) is 0 Å². The summed E-state index contributed by atoms with van der Waals surface area (Å²) < 4.78 is 25.7. The summed E-state index contributed by atoms with van der Waals surface area (Å²) in [5, 5.41) is 0. The molecule has 0 unspecified atom stereocenters. The van der Waals surface area contributed by atoms with Crippen LogP contribution >= 0.6 is 0 Å². The maximum absolute atomic E-state index is 12.9. The molecule has 0 saturated carbocycles. The van der Waals surface area contributed by atoms with Gasteiger partial charge >= 0.3 is 0 Å². The molecule has 0 aliphatic rings. The second-order valence-electron chi connectivity index (χ2n) is 2.44. The molecule has 0 bridgehead atoms. The molecule has 1 rings (SSSR count). The van der Waals surface area contributed by atoms with Gasteiger partial charge in [-0.3, -0.25) is 4.79 Å². The van der Waals surface area contributed by atoms with E-state index in [0.717, 1.165) is 12.1 Å². The van der Waals surface area contributed by atoms with Gasteiger partial charge in [-0.05, 0) is 24.1 Å². The van der Waals surface area contributed by atoms with Crippen molar-refractivity contribution in [1.29, 1.82) is 0 Å². The molecule has 0 aliphatic heterocycles. The van der Waals surface area contributed by atoms with Gasteiger partial charge in [-0.15, -0.1) is 0 Å². The SMILES string of the molecule is CCc1cc(F)c(C=O)cc1F. The lowest BCUT2D eigenvalue weighted by molar-refractivity contribution is 0.111. The smallest absolute Gasteiger partial charge is 0.153 e. The van der Waals surface area contributed by atoms with Gasteiger partial charge in [-0.2, -0.15) is 0 Å². The first-order valence-electron chi connectivity index (χ1n) is 3.62. The highest BCUT2D eigenvalue weighted by molar-refractivity contribution is 5.75. The Morgan fingerprint density at radius 1 is 1.33 bits per heavy atom. The summed E-state index contributed by atoms with van der Waals surface area (Å²) in [6.45, 7) is 1.72. The summed E-state index contributed by atoms with van der Waals surface area (Å²) >= 11 is 0. The van der Waals surface area contributed by atoms with E-state index in [2.05, 4.69) is 0 Å². The fourth-order valence-corrected chi connectivity index (χ4v) is 0.965. The number of aryl methyl sites for hydroxylation is 1. The third-order valence-corrected chi connectivity index (χ3v) is 1.67. The molecule has 1 aromatic rings. The summed E-state index contributed by atoms with van der Waals surface area (Å²) in [5.74, 6) is -1.19. The van der Waals surface area contributed by atoms with Crippen LogP contribution in [0.3, 0.4) is 0 Å². The number of hydrogen-bond donors (Lipinski definition) is 0. The second-order valence-corrected chi connectivity index (χ2v) is 2.44. The van der Waals surface area contributed by atoms with Crippen LogP contribution < -0.4 is 0 Å². The minimum Gasteiger partial charge on any atom is -0.298 e. The van der Waals surface area contributed by atoms with Gasteiger partial charge in [-0.25, -0.2) is 8.78 Å². The summed E-state index contributed by atoms with van der Waals surface area (Å²) in [7, 11) is 0. The van der Waals surface area contributed by atoms with Gasteiger partial charge in [0.25, 0.3) is 0 Å². The van der Waals surface area contributed by atoms with Gasteiger partial charge in [-0.1, -0.05) is 6.92 Å². The molecule has 0 fully saturated rings. The van der Waals surface area contributed by atoms with E-state index in [1.807, 2.05) is 0 Å². The number of aldehydes is 1. The number of carbonyl (C=O) groups is 1. The van der Waals surface area contributed by atoms with Gasteiger partial charge in [0.1, 0.15) is 11.6 Å². The van der Waals surface area contributed by atoms with Crippen LogP contribution in [0.15, 0.2) is 12.1 Å². The molecule has 1 aromatic carbocycles. The Morgan fingerprint density at radius 3 is 2.50 bits per heavy atom. The van der Waals surface area contributed by atoms with Crippen molar-refractivity contribution in [1.82, 2.24) is 0 Å². The van der Waals surface area contributed by atoms with E-state index in [1.54, 1.807) is 6.92 Å². The van der Waals surface area contributed by atoms with Gasteiger partial charge in [0.05, 0.1) is 5.56 Å². The van der Waals surface area contributed by atoms with Crippen LogP contribution in [0.4, 0.5) is 8.78 Å². The van der Waals surface area contributed by atoms with Crippen molar-refractivity contribution in [2.45, 2.75) is 13.3 Å². The summed E-state index contributed by atoms with van der Waals surface area (Å²) in [4.78, 5) is 10.2. The van der Waals surface area contributed by atoms with Crippen LogP contribution in [0, 0.1) is 11.6 Å². The van der Waals surface area contributed by atoms with Crippen molar-refractivity contribution in [3.05, 3.63) is 34.9 Å².